The second-order valence-corrected chi connectivity index (χ2v) is 3.63. The number of halogens is 3. The summed E-state index contributed by atoms with van der Waals surface area (Å²) in [5, 5.41) is 6.18. The Balaban J connectivity index is 2.99. The number of unbranched alkanes of at least 4 members (excludes halogenated alkanes) is 2. The first-order valence-electron chi connectivity index (χ1n) is 5.48. The first-order valence-corrected chi connectivity index (χ1v) is 5.48. The van der Waals surface area contributed by atoms with Gasteiger partial charge in [0.25, 0.3) is 0 Å². The molecule has 0 radical (unpaired) electrons. The Morgan fingerprint density at radius 1 is 0.867 bits per heavy atom. The van der Waals surface area contributed by atoms with Gasteiger partial charge in [-0.3, -0.25) is 0 Å². The Hall–Kier alpha value is -0.290. The smallest absolute Gasteiger partial charge is 0.320 e. The molecule has 0 amide bonds. The Labute approximate surface area is 89.6 Å². The average Bonchev–Trinajstić information content (AvgIpc) is 2.14. The fraction of sp³-hybridized carbons (Fsp3) is 1.00. The van der Waals surface area contributed by atoms with Crippen molar-refractivity contribution in [3.63, 3.8) is 0 Å². The molecule has 0 bridgehead atoms. The summed E-state index contributed by atoms with van der Waals surface area (Å²) in [7, 11) is 1.91. The van der Waals surface area contributed by atoms with Crippen LogP contribution in [0.15, 0.2) is 0 Å². The molecular formula is C10H21F3N2. The van der Waals surface area contributed by atoms with Crippen molar-refractivity contribution in [1.82, 2.24) is 10.6 Å². The minimum atomic E-state index is -3.99. The number of alkyl halides is 3. The maximum absolute atomic E-state index is 11.7. The van der Waals surface area contributed by atoms with Crippen LogP contribution in [0.25, 0.3) is 0 Å². The first kappa shape index (κ1) is 14.7. The maximum Gasteiger partial charge on any atom is 0.389 e. The maximum atomic E-state index is 11.7. The molecule has 5 heteroatoms. The van der Waals surface area contributed by atoms with Crippen molar-refractivity contribution in [3.05, 3.63) is 0 Å². The first-order chi connectivity index (χ1) is 7.06. The van der Waals surface area contributed by atoms with Crippen LogP contribution >= 0.6 is 0 Å². The number of nitrogens with one attached hydrogen (secondary N) is 2. The SMILES string of the molecule is CNCCCCNCCCCC(F)(F)F. The van der Waals surface area contributed by atoms with E-state index in [0.717, 1.165) is 25.9 Å². The lowest BCUT2D eigenvalue weighted by molar-refractivity contribution is -0.135. The highest BCUT2D eigenvalue weighted by atomic mass is 19.4. The minimum Gasteiger partial charge on any atom is -0.320 e. The van der Waals surface area contributed by atoms with Crippen LogP contribution in [-0.4, -0.2) is 32.9 Å². The van der Waals surface area contributed by atoms with Crippen LogP contribution in [0, 0.1) is 0 Å². The van der Waals surface area contributed by atoms with E-state index in [1.807, 2.05) is 7.05 Å². The normalized spacial score (nSPS) is 12.0. The van der Waals surface area contributed by atoms with E-state index in [-0.39, 0.29) is 6.42 Å². The third-order valence-corrected chi connectivity index (χ3v) is 2.09. The molecule has 0 aromatic heterocycles. The summed E-state index contributed by atoms with van der Waals surface area (Å²) in [4.78, 5) is 0. The number of hydrogen-bond acceptors (Lipinski definition) is 2. The van der Waals surface area contributed by atoms with Gasteiger partial charge in [-0.2, -0.15) is 13.2 Å². The van der Waals surface area contributed by atoms with Crippen molar-refractivity contribution in [3.8, 4) is 0 Å². The summed E-state index contributed by atoms with van der Waals surface area (Å²) in [6.45, 7) is 2.58. The van der Waals surface area contributed by atoms with Crippen LogP contribution in [0.1, 0.15) is 32.1 Å². The van der Waals surface area contributed by atoms with Crippen LogP contribution < -0.4 is 10.6 Å². The molecule has 0 aliphatic heterocycles. The van der Waals surface area contributed by atoms with Gasteiger partial charge < -0.3 is 10.6 Å². The quantitative estimate of drug-likeness (QED) is 0.589. The van der Waals surface area contributed by atoms with Crippen molar-refractivity contribution in [1.29, 1.82) is 0 Å². The van der Waals surface area contributed by atoms with E-state index in [9.17, 15) is 13.2 Å². The van der Waals surface area contributed by atoms with E-state index in [1.165, 1.54) is 0 Å². The number of hydrogen-bond donors (Lipinski definition) is 2. The second-order valence-electron chi connectivity index (χ2n) is 3.63. The van der Waals surface area contributed by atoms with Gasteiger partial charge in [-0.15, -0.1) is 0 Å². The van der Waals surface area contributed by atoms with Crippen LogP contribution in [0.4, 0.5) is 13.2 Å². The molecule has 0 aromatic carbocycles. The highest BCUT2D eigenvalue weighted by molar-refractivity contribution is 4.54. The zero-order valence-corrected chi connectivity index (χ0v) is 9.29. The summed E-state index contributed by atoms with van der Waals surface area (Å²) in [6.07, 6.45) is -1.65. The van der Waals surface area contributed by atoms with Crippen molar-refractivity contribution < 1.29 is 13.2 Å². The predicted octanol–water partition coefficient (Wildman–Crippen LogP) is 2.31. The Morgan fingerprint density at radius 2 is 1.40 bits per heavy atom. The Bertz CT molecular complexity index is 137. The predicted molar refractivity (Wildman–Crippen MR) is 55.9 cm³/mol. The standard InChI is InChI=1S/C10H21F3N2/c1-14-7-4-5-9-15-8-3-2-6-10(11,12)13/h14-15H,2-9H2,1H3. The van der Waals surface area contributed by atoms with Crippen molar-refractivity contribution in [2.24, 2.45) is 0 Å². The van der Waals surface area contributed by atoms with E-state index < -0.39 is 12.6 Å². The average molecular weight is 226 g/mol. The highest BCUT2D eigenvalue weighted by Crippen LogP contribution is 2.21. The largest absolute Gasteiger partial charge is 0.389 e. The van der Waals surface area contributed by atoms with E-state index in [0.29, 0.717) is 13.0 Å². The lowest BCUT2D eigenvalue weighted by atomic mass is 10.2. The lowest BCUT2D eigenvalue weighted by Gasteiger charge is -2.06. The Kier molecular flexibility index (Phi) is 8.80. The molecule has 92 valence electrons. The molecule has 0 saturated heterocycles. The van der Waals surface area contributed by atoms with E-state index in [1.54, 1.807) is 0 Å². The summed E-state index contributed by atoms with van der Waals surface area (Å²) in [5.74, 6) is 0. The molecule has 2 nitrogen and oxygen atoms in total. The molecule has 0 saturated carbocycles. The molecule has 0 atom stereocenters. The minimum absolute atomic E-state index is 0.229. The van der Waals surface area contributed by atoms with E-state index in [2.05, 4.69) is 10.6 Å². The van der Waals surface area contributed by atoms with Crippen molar-refractivity contribution in [2.45, 2.75) is 38.3 Å². The van der Waals surface area contributed by atoms with E-state index >= 15 is 0 Å². The van der Waals surface area contributed by atoms with Gasteiger partial charge >= 0.3 is 6.18 Å². The molecule has 0 aromatic rings. The molecule has 0 aliphatic carbocycles. The second kappa shape index (κ2) is 8.97. The van der Waals surface area contributed by atoms with E-state index in [4.69, 9.17) is 0 Å². The van der Waals surface area contributed by atoms with Gasteiger partial charge in [-0.1, -0.05) is 0 Å². The van der Waals surface area contributed by atoms with Crippen molar-refractivity contribution >= 4 is 0 Å². The lowest BCUT2D eigenvalue weighted by Crippen LogP contribution is -2.19. The third kappa shape index (κ3) is 13.7. The van der Waals surface area contributed by atoms with Gasteiger partial charge in [0.2, 0.25) is 0 Å². The molecule has 15 heavy (non-hydrogen) atoms. The molecule has 0 heterocycles. The molecule has 2 N–H and O–H groups in total. The fourth-order valence-electron chi connectivity index (χ4n) is 1.25. The summed E-state index contributed by atoms with van der Waals surface area (Å²) in [6, 6.07) is 0. The molecule has 0 fully saturated rings. The van der Waals surface area contributed by atoms with Gasteiger partial charge in [0.1, 0.15) is 0 Å². The highest BCUT2D eigenvalue weighted by Gasteiger charge is 2.25. The summed E-state index contributed by atoms with van der Waals surface area (Å²) in [5.41, 5.74) is 0. The van der Waals surface area contributed by atoms with Crippen molar-refractivity contribution in [2.75, 3.05) is 26.7 Å². The van der Waals surface area contributed by atoms with Crippen LogP contribution in [0.5, 0.6) is 0 Å². The molecule has 0 rings (SSSR count). The molecule has 0 aliphatic rings. The van der Waals surface area contributed by atoms with Gasteiger partial charge in [-0.25, -0.2) is 0 Å². The topological polar surface area (TPSA) is 24.1 Å². The monoisotopic (exact) mass is 226 g/mol. The fourth-order valence-corrected chi connectivity index (χ4v) is 1.25. The zero-order chi connectivity index (χ0) is 11.6. The molecule has 0 spiro atoms. The Morgan fingerprint density at radius 3 is 1.93 bits per heavy atom. The number of rotatable bonds is 9. The summed E-state index contributed by atoms with van der Waals surface area (Å²) >= 11 is 0. The van der Waals surface area contributed by atoms with Gasteiger partial charge in [0, 0.05) is 6.42 Å². The van der Waals surface area contributed by atoms with Gasteiger partial charge in [-0.05, 0) is 52.4 Å². The molecule has 0 unspecified atom stereocenters. The molecular weight excluding hydrogens is 205 g/mol. The van der Waals surface area contributed by atoms with Crippen LogP contribution in [-0.2, 0) is 0 Å². The van der Waals surface area contributed by atoms with Gasteiger partial charge in [0.05, 0.1) is 0 Å². The summed E-state index contributed by atoms with van der Waals surface area (Å²) < 4.78 is 35.2. The zero-order valence-electron chi connectivity index (χ0n) is 9.29. The van der Waals surface area contributed by atoms with Crippen LogP contribution in [0.3, 0.4) is 0 Å². The van der Waals surface area contributed by atoms with Crippen LogP contribution in [0.2, 0.25) is 0 Å². The third-order valence-electron chi connectivity index (χ3n) is 2.09. The van der Waals surface area contributed by atoms with Gasteiger partial charge in [0.15, 0.2) is 0 Å².